The lowest BCUT2D eigenvalue weighted by molar-refractivity contribution is -0.118. The lowest BCUT2D eigenvalue weighted by Crippen LogP contribution is -2.33. The summed E-state index contributed by atoms with van der Waals surface area (Å²) in [6.45, 7) is 1.95. The summed E-state index contributed by atoms with van der Waals surface area (Å²) in [6.07, 6.45) is 0. The number of benzene rings is 1. The highest BCUT2D eigenvalue weighted by atomic mass is 19.2. The number of carbonyl (C=O) groups excluding carboxylic acids is 2. The van der Waals surface area contributed by atoms with Crippen molar-refractivity contribution >= 4 is 11.8 Å². The van der Waals surface area contributed by atoms with Crippen LogP contribution in [0.1, 0.15) is 17.4 Å². The highest BCUT2D eigenvalue weighted by Gasteiger charge is 2.12. The lowest BCUT2D eigenvalue weighted by atomic mass is 10.1. The van der Waals surface area contributed by atoms with E-state index in [0.29, 0.717) is 17.8 Å². The average molecular weight is 308 g/mol. The van der Waals surface area contributed by atoms with Crippen LogP contribution < -0.4 is 10.6 Å². The van der Waals surface area contributed by atoms with Crippen molar-refractivity contribution in [3.63, 3.8) is 0 Å². The number of amides is 2. The first-order chi connectivity index (χ1) is 10.5. The molecule has 0 aliphatic heterocycles. The smallest absolute Gasteiger partial charge is 0.269 e. The molecule has 6 nitrogen and oxygen atoms in total. The van der Waals surface area contributed by atoms with Crippen LogP contribution in [-0.4, -0.2) is 35.1 Å². The van der Waals surface area contributed by atoms with Crippen molar-refractivity contribution in [2.75, 3.05) is 13.1 Å². The van der Waals surface area contributed by atoms with Crippen LogP contribution in [0, 0.1) is 11.6 Å². The Morgan fingerprint density at radius 1 is 1.14 bits per heavy atom. The fourth-order valence-electron chi connectivity index (χ4n) is 1.75. The van der Waals surface area contributed by atoms with Crippen molar-refractivity contribution in [3.05, 3.63) is 41.6 Å². The molecule has 2 aromatic rings. The molecule has 1 heterocycles. The maximum atomic E-state index is 13.2. The predicted molar refractivity (Wildman–Crippen MR) is 75.0 cm³/mol. The van der Waals surface area contributed by atoms with Gasteiger partial charge >= 0.3 is 0 Å². The van der Waals surface area contributed by atoms with E-state index in [-0.39, 0.29) is 18.1 Å². The van der Waals surface area contributed by atoms with E-state index < -0.39 is 17.5 Å². The highest BCUT2D eigenvalue weighted by molar-refractivity contribution is 5.93. The number of nitrogens with zero attached hydrogens (tertiary/aromatic N) is 1. The van der Waals surface area contributed by atoms with Crippen LogP contribution in [0.4, 0.5) is 8.78 Å². The maximum absolute atomic E-state index is 13.2. The molecule has 0 unspecified atom stereocenters. The van der Waals surface area contributed by atoms with Crippen molar-refractivity contribution in [3.8, 4) is 11.3 Å². The van der Waals surface area contributed by atoms with Gasteiger partial charge in [0.15, 0.2) is 11.6 Å². The van der Waals surface area contributed by atoms with E-state index in [1.807, 2.05) is 0 Å². The van der Waals surface area contributed by atoms with Crippen LogP contribution in [0.2, 0.25) is 0 Å². The van der Waals surface area contributed by atoms with Gasteiger partial charge in [0.2, 0.25) is 5.91 Å². The second-order valence-corrected chi connectivity index (χ2v) is 4.53. The minimum atomic E-state index is -0.984. The van der Waals surface area contributed by atoms with Gasteiger partial charge in [-0.2, -0.15) is 5.10 Å². The number of halogens is 2. The molecule has 116 valence electrons. The summed E-state index contributed by atoms with van der Waals surface area (Å²) < 4.78 is 26.1. The molecule has 0 fully saturated rings. The summed E-state index contributed by atoms with van der Waals surface area (Å²) in [7, 11) is 0. The largest absolute Gasteiger partial charge is 0.355 e. The molecule has 2 rings (SSSR count). The summed E-state index contributed by atoms with van der Waals surface area (Å²) in [5.41, 5.74) is 0.862. The lowest BCUT2D eigenvalue weighted by Gasteiger charge is -2.03. The fraction of sp³-hybridized carbons (Fsp3) is 0.214. The van der Waals surface area contributed by atoms with Crippen molar-refractivity contribution in [1.82, 2.24) is 20.8 Å². The molecule has 8 heteroatoms. The first-order valence-corrected chi connectivity index (χ1v) is 6.51. The van der Waals surface area contributed by atoms with Gasteiger partial charge in [-0.05, 0) is 24.3 Å². The van der Waals surface area contributed by atoms with Crippen LogP contribution in [-0.2, 0) is 4.79 Å². The standard InChI is InChI=1S/C14H14F2N4O2/c1-8(21)17-4-5-18-14(22)13-7-12(19-20-13)9-2-3-10(15)11(16)6-9/h2-3,6-7H,4-5H2,1H3,(H,17,21)(H,18,22)(H,19,20). The molecule has 1 aromatic heterocycles. The van der Waals surface area contributed by atoms with Crippen molar-refractivity contribution in [2.24, 2.45) is 0 Å². The van der Waals surface area contributed by atoms with Crippen LogP contribution in [0.3, 0.4) is 0 Å². The predicted octanol–water partition coefficient (Wildman–Crippen LogP) is 1.22. The Hall–Kier alpha value is -2.77. The molecule has 22 heavy (non-hydrogen) atoms. The SMILES string of the molecule is CC(=O)NCCNC(=O)c1cc(-c2ccc(F)c(F)c2)n[nH]1. The van der Waals surface area contributed by atoms with Gasteiger partial charge in [0.05, 0.1) is 5.69 Å². The third-order valence-electron chi connectivity index (χ3n) is 2.82. The van der Waals surface area contributed by atoms with Gasteiger partial charge in [0.1, 0.15) is 5.69 Å². The number of rotatable bonds is 5. The monoisotopic (exact) mass is 308 g/mol. The van der Waals surface area contributed by atoms with Crippen LogP contribution in [0.5, 0.6) is 0 Å². The fourth-order valence-corrected chi connectivity index (χ4v) is 1.75. The van der Waals surface area contributed by atoms with Crippen molar-refractivity contribution in [1.29, 1.82) is 0 Å². The van der Waals surface area contributed by atoms with E-state index in [1.165, 1.54) is 19.1 Å². The molecule has 0 radical (unpaired) electrons. The first-order valence-electron chi connectivity index (χ1n) is 6.51. The topological polar surface area (TPSA) is 86.9 Å². The van der Waals surface area contributed by atoms with Gasteiger partial charge in [0, 0.05) is 25.6 Å². The number of hydrogen-bond donors (Lipinski definition) is 3. The number of hydrogen-bond acceptors (Lipinski definition) is 3. The molecule has 0 atom stereocenters. The van der Waals surface area contributed by atoms with Crippen LogP contribution in [0.25, 0.3) is 11.3 Å². The summed E-state index contributed by atoms with van der Waals surface area (Å²) in [5.74, 6) is -2.53. The normalized spacial score (nSPS) is 10.3. The van der Waals surface area contributed by atoms with Gasteiger partial charge in [-0.1, -0.05) is 0 Å². The first kappa shape index (κ1) is 15.6. The molecular weight excluding hydrogens is 294 g/mol. The van der Waals surface area contributed by atoms with E-state index >= 15 is 0 Å². The minimum absolute atomic E-state index is 0.183. The molecule has 2 amide bonds. The molecule has 0 bridgehead atoms. The Bertz CT molecular complexity index is 700. The number of H-pyrrole nitrogens is 1. The third-order valence-corrected chi connectivity index (χ3v) is 2.82. The quantitative estimate of drug-likeness (QED) is 0.726. The van der Waals surface area contributed by atoms with Gasteiger partial charge in [0.25, 0.3) is 5.91 Å². The van der Waals surface area contributed by atoms with Gasteiger partial charge in [-0.25, -0.2) is 8.78 Å². The number of aromatic nitrogens is 2. The zero-order valence-corrected chi connectivity index (χ0v) is 11.7. The average Bonchev–Trinajstić information content (AvgIpc) is 2.96. The van der Waals surface area contributed by atoms with E-state index in [2.05, 4.69) is 20.8 Å². The molecule has 0 aliphatic carbocycles. The molecule has 3 N–H and O–H groups in total. The maximum Gasteiger partial charge on any atom is 0.269 e. The van der Waals surface area contributed by atoms with E-state index in [4.69, 9.17) is 0 Å². The summed E-state index contributed by atoms with van der Waals surface area (Å²) in [5, 5.41) is 11.5. The van der Waals surface area contributed by atoms with Crippen LogP contribution >= 0.6 is 0 Å². The molecule has 0 spiro atoms. The molecule has 1 aromatic carbocycles. The Morgan fingerprint density at radius 2 is 1.86 bits per heavy atom. The zero-order chi connectivity index (χ0) is 16.1. The summed E-state index contributed by atoms with van der Waals surface area (Å²) in [4.78, 5) is 22.5. The molecule has 0 aliphatic rings. The number of carbonyl (C=O) groups is 2. The van der Waals surface area contributed by atoms with Crippen molar-refractivity contribution < 1.29 is 18.4 Å². The molecular formula is C14H14F2N4O2. The molecule has 0 saturated heterocycles. The minimum Gasteiger partial charge on any atom is -0.355 e. The van der Waals surface area contributed by atoms with Crippen molar-refractivity contribution in [2.45, 2.75) is 6.92 Å². The van der Waals surface area contributed by atoms with E-state index in [1.54, 1.807) is 0 Å². The second kappa shape index (κ2) is 6.79. The summed E-state index contributed by atoms with van der Waals surface area (Å²) >= 11 is 0. The van der Waals surface area contributed by atoms with Gasteiger partial charge in [-0.3, -0.25) is 14.7 Å². The van der Waals surface area contributed by atoms with Crippen LogP contribution in [0.15, 0.2) is 24.3 Å². The summed E-state index contributed by atoms with van der Waals surface area (Å²) in [6, 6.07) is 4.80. The second-order valence-electron chi connectivity index (χ2n) is 4.53. The Kier molecular flexibility index (Phi) is 4.82. The Morgan fingerprint density at radius 3 is 2.55 bits per heavy atom. The number of aromatic amines is 1. The Balaban J connectivity index is 1.99. The Labute approximate surface area is 124 Å². The number of nitrogens with one attached hydrogen (secondary N) is 3. The van der Waals surface area contributed by atoms with E-state index in [9.17, 15) is 18.4 Å². The highest BCUT2D eigenvalue weighted by Crippen LogP contribution is 2.20. The molecule has 0 saturated carbocycles. The van der Waals surface area contributed by atoms with Gasteiger partial charge < -0.3 is 10.6 Å². The van der Waals surface area contributed by atoms with E-state index in [0.717, 1.165) is 12.1 Å². The van der Waals surface area contributed by atoms with Gasteiger partial charge in [-0.15, -0.1) is 0 Å². The third kappa shape index (κ3) is 3.87. The zero-order valence-electron chi connectivity index (χ0n) is 11.7.